The molecular formula is C15H14N4O2. The lowest BCUT2D eigenvalue weighted by molar-refractivity contribution is -0.128. The highest BCUT2D eigenvalue weighted by Crippen LogP contribution is 2.24. The molecule has 1 aromatic heterocycles. The van der Waals surface area contributed by atoms with Crippen LogP contribution in [-0.4, -0.2) is 39.8 Å². The first kappa shape index (κ1) is 13.2. The minimum Gasteiger partial charge on any atom is -0.352 e. The summed E-state index contributed by atoms with van der Waals surface area (Å²) in [6, 6.07) is 8.62. The number of hydrogen-bond acceptors (Lipinski definition) is 4. The van der Waals surface area contributed by atoms with Gasteiger partial charge in [0.25, 0.3) is 5.91 Å². The lowest BCUT2D eigenvalue weighted by atomic mass is 10.0. The highest BCUT2D eigenvalue weighted by Gasteiger charge is 2.35. The first-order chi connectivity index (χ1) is 10.3. The maximum Gasteiger partial charge on any atom is 0.275 e. The zero-order valence-electron chi connectivity index (χ0n) is 11.3. The lowest BCUT2D eigenvalue weighted by Gasteiger charge is -2.35. The Hall–Kier alpha value is -2.76. The Bertz CT molecular complexity index is 645. The quantitative estimate of drug-likeness (QED) is 0.883. The Morgan fingerprint density at radius 3 is 2.76 bits per heavy atom. The molecule has 6 heteroatoms. The van der Waals surface area contributed by atoms with E-state index in [4.69, 9.17) is 0 Å². The Kier molecular flexibility index (Phi) is 3.59. The van der Waals surface area contributed by atoms with Gasteiger partial charge in [-0.2, -0.15) is 0 Å². The van der Waals surface area contributed by atoms with Crippen molar-refractivity contribution in [3.05, 3.63) is 60.2 Å². The minimum absolute atomic E-state index is 0.176. The molecular weight excluding hydrogens is 268 g/mol. The van der Waals surface area contributed by atoms with Crippen LogP contribution in [0.4, 0.5) is 0 Å². The molecule has 21 heavy (non-hydrogen) atoms. The first-order valence-corrected chi connectivity index (χ1v) is 6.67. The number of carbonyl (C=O) groups excluding carboxylic acids is 2. The summed E-state index contributed by atoms with van der Waals surface area (Å²) in [6.45, 7) is 0.884. The maximum absolute atomic E-state index is 12.6. The Morgan fingerprint density at radius 2 is 2.05 bits per heavy atom. The second kappa shape index (κ2) is 5.70. The molecule has 0 saturated carbocycles. The predicted octanol–water partition coefficient (Wildman–Crippen LogP) is 0.790. The largest absolute Gasteiger partial charge is 0.352 e. The molecule has 3 rings (SSSR count). The standard InChI is InChI=1S/C15H14N4O2/c20-14-13(11-4-2-1-3-5-11)19(9-8-18-14)15(21)12-10-16-6-7-17-12/h1-7,10,13H,8-9H2,(H,18,20). The Morgan fingerprint density at radius 1 is 1.24 bits per heavy atom. The van der Waals surface area contributed by atoms with E-state index in [1.807, 2.05) is 30.3 Å². The molecule has 2 heterocycles. The van der Waals surface area contributed by atoms with Crippen LogP contribution < -0.4 is 5.32 Å². The normalized spacial score (nSPS) is 18.2. The number of nitrogens with zero attached hydrogens (tertiary/aromatic N) is 3. The fourth-order valence-corrected chi connectivity index (χ4v) is 2.41. The van der Waals surface area contributed by atoms with Crippen molar-refractivity contribution in [1.82, 2.24) is 20.2 Å². The zero-order chi connectivity index (χ0) is 14.7. The molecule has 1 aliphatic rings. The molecule has 1 aliphatic heterocycles. The van der Waals surface area contributed by atoms with Crippen molar-refractivity contribution < 1.29 is 9.59 Å². The third-order valence-corrected chi connectivity index (χ3v) is 3.37. The van der Waals surface area contributed by atoms with E-state index in [0.717, 1.165) is 5.56 Å². The highest BCUT2D eigenvalue weighted by molar-refractivity contribution is 5.97. The van der Waals surface area contributed by atoms with Crippen LogP contribution in [0.5, 0.6) is 0 Å². The molecule has 0 bridgehead atoms. The Balaban J connectivity index is 1.95. The van der Waals surface area contributed by atoms with Gasteiger partial charge in [-0.15, -0.1) is 0 Å². The van der Waals surface area contributed by atoms with Gasteiger partial charge < -0.3 is 10.2 Å². The van der Waals surface area contributed by atoms with Gasteiger partial charge in [0.15, 0.2) is 0 Å². The number of nitrogens with one attached hydrogen (secondary N) is 1. The minimum atomic E-state index is -0.630. The molecule has 2 amide bonds. The van der Waals surface area contributed by atoms with Crippen LogP contribution in [0.2, 0.25) is 0 Å². The topological polar surface area (TPSA) is 75.2 Å². The number of rotatable bonds is 2. The van der Waals surface area contributed by atoms with Crippen molar-refractivity contribution in [2.45, 2.75) is 6.04 Å². The smallest absolute Gasteiger partial charge is 0.275 e. The zero-order valence-corrected chi connectivity index (χ0v) is 11.3. The molecule has 1 saturated heterocycles. The average molecular weight is 282 g/mol. The molecule has 1 unspecified atom stereocenters. The van der Waals surface area contributed by atoms with E-state index in [0.29, 0.717) is 13.1 Å². The summed E-state index contributed by atoms with van der Waals surface area (Å²) >= 11 is 0. The van der Waals surface area contributed by atoms with Crippen LogP contribution in [0, 0.1) is 0 Å². The Labute approximate surface area is 121 Å². The summed E-state index contributed by atoms with van der Waals surface area (Å²) in [6.07, 6.45) is 4.39. The molecule has 2 aromatic rings. The third-order valence-electron chi connectivity index (χ3n) is 3.37. The second-order valence-electron chi connectivity index (χ2n) is 4.69. The van der Waals surface area contributed by atoms with Crippen molar-refractivity contribution in [2.24, 2.45) is 0 Å². The number of piperazine rings is 1. The van der Waals surface area contributed by atoms with E-state index in [1.165, 1.54) is 23.5 Å². The number of carbonyl (C=O) groups is 2. The highest BCUT2D eigenvalue weighted by atomic mass is 16.2. The number of amides is 2. The van der Waals surface area contributed by atoms with Crippen LogP contribution in [0.1, 0.15) is 22.1 Å². The van der Waals surface area contributed by atoms with E-state index in [1.54, 1.807) is 0 Å². The molecule has 0 radical (unpaired) electrons. The van der Waals surface area contributed by atoms with Crippen LogP contribution in [0.3, 0.4) is 0 Å². The summed E-state index contributed by atoms with van der Waals surface area (Å²) < 4.78 is 0. The molecule has 1 fully saturated rings. The van der Waals surface area contributed by atoms with Crippen LogP contribution >= 0.6 is 0 Å². The second-order valence-corrected chi connectivity index (χ2v) is 4.69. The molecule has 0 aliphatic carbocycles. The van der Waals surface area contributed by atoms with Crippen molar-refractivity contribution in [3.8, 4) is 0 Å². The summed E-state index contributed by atoms with van der Waals surface area (Å²) in [5.74, 6) is -0.462. The van der Waals surface area contributed by atoms with Gasteiger partial charge in [0.05, 0.1) is 6.20 Å². The van der Waals surface area contributed by atoms with Gasteiger partial charge in [-0.25, -0.2) is 4.98 Å². The van der Waals surface area contributed by atoms with Crippen LogP contribution in [-0.2, 0) is 4.79 Å². The van der Waals surface area contributed by atoms with E-state index < -0.39 is 6.04 Å². The van der Waals surface area contributed by atoms with E-state index >= 15 is 0 Å². The van der Waals surface area contributed by atoms with Crippen molar-refractivity contribution >= 4 is 11.8 Å². The fourth-order valence-electron chi connectivity index (χ4n) is 2.41. The summed E-state index contributed by atoms with van der Waals surface area (Å²) in [4.78, 5) is 34.2. The van der Waals surface area contributed by atoms with Gasteiger partial charge in [-0.1, -0.05) is 30.3 Å². The summed E-state index contributed by atoms with van der Waals surface area (Å²) in [7, 11) is 0. The van der Waals surface area contributed by atoms with E-state index in [-0.39, 0.29) is 17.5 Å². The fraction of sp³-hybridized carbons (Fsp3) is 0.200. The lowest BCUT2D eigenvalue weighted by Crippen LogP contribution is -2.52. The number of aromatic nitrogens is 2. The van der Waals surface area contributed by atoms with Gasteiger partial charge >= 0.3 is 0 Å². The van der Waals surface area contributed by atoms with Gasteiger partial charge in [0, 0.05) is 25.5 Å². The SMILES string of the molecule is O=C1NCCN(C(=O)c2cnccn2)C1c1ccccc1. The molecule has 106 valence electrons. The van der Waals surface area contributed by atoms with Gasteiger partial charge in [0.1, 0.15) is 11.7 Å². The molecule has 1 N–H and O–H groups in total. The van der Waals surface area contributed by atoms with Gasteiger partial charge in [-0.05, 0) is 5.56 Å². The first-order valence-electron chi connectivity index (χ1n) is 6.67. The van der Waals surface area contributed by atoms with Crippen LogP contribution in [0.15, 0.2) is 48.9 Å². The van der Waals surface area contributed by atoms with Gasteiger partial charge in [-0.3, -0.25) is 14.6 Å². The number of hydrogen-bond donors (Lipinski definition) is 1. The molecule has 0 spiro atoms. The maximum atomic E-state index is 12.6. The van der Waals surface area contributed by atoms with Crippen molar-refractivity contribution in [3.63, 3.8) is 0 Å². The average Bonchev–Trinajstić information content (AvgIpc) is 2.55. The van der Waals surface area contributed by atoms with Gasteiger partial charge in [0.2, 0.25) is 5.91 Å². The molecule has 6 nitrogen and oxygen atoms in total. The third kappa shape index (κ3) is 2.60. The van der Waals surface area contributed by atoms with E-state index in [9.17, 15) is 9.59 Å². The van der Waals surface area contributed by atoms with E-state index in [2.05, 4.69) is 15.3 Å². The summed E-state index contributed by atoms with van der Waals surface area (Å²) in [5, 5.41) is 2.80. The van der Waals surface area contributed by atoms with Crippen molar-refractivity contribution in [2.75, 3.05) is 13.1 Å². The predicted molar refractivity (Wildman–Crippen MR) is 75.3 cm³/mol. The van der Waals surface area contributed by atoms with Crippen molar-refractivity contribution in [1.29, 1.82) is 0 Å². The monoisotopic (exact) mass is 282 g/mol. The molecule has 1 aromatic carbocycles. The molecule has 1 atom stereocenters. The number of benzene rings is 1. The van der Waals surface area contributed by atoms with Crippen LogP contribution in [0.25, 0.3) is 0 Å². The summed E-state index contributed by atoms with van der Waals surface area (Å²) in [5.41, 5.74) is 1.03.